The van der Waals surface area contributed by atoms with Gasteiger partial charge < -0.3 is 9.84 Å². The minimum Gasteiger partial charge on any atom is -0.488 e. The van der Waals surface area contributed by atoms with Crippen LogP contribution in [0.4, 0.5) is 4.39 Å². The molecule has 2 aromatic carbocycles. The molecule has 0 aliphatic carbocycles. The Morgan fingerprint density at radius 2 is 1.59 bits per heavy atom. The van der Waals surface area contributed by atoms with Gasteiger partial charge in [0, 0.05) is 11.1 Å². The molecule has 0 aliphatic rings. The number of hydrogen-bond donors (Lipinski definition) is 1. The van der Waals surface area contributed by atoms with Crippen molar-refractivity contribution in [2.75, 3.05) is 0 Å². The third kappa shape index (κ3) is 2.82. The minimum absolute atomic E-state index is 0.0898. The second kappa shape index (κ2) is 5.46. The molecule has 0 bridgehead atoms. The van der Waals surface area contributed by atoms with E-state index in [2.05, 4.69) is 0 Å². The summed E-state index contributed by atoms with van der Waals surface area (Å²) in [6.45, 7) is 0.0666. The summed E-state index contributed by atoms with van der Waals surface area (Å²) in [5.41, 5.74) is 1.20. The quantitative estimate of drug-likeness (QED) is 0.878. The number of aliphatic hydroxyl groups is 1. The molecule has 0 radical (unpaired) electrons. The molecule has 0 fully saturated rings. The van der Waals surface area contributed by atoms with E-state index in [0.717, 1.165) is 0 Å². The van der Waals surface area contributed by atoms with Crippen molar-refractivity contribution in [3.05, 3.63) is 65.5 Å². The molecule has 0 heterocycles. The van der Waals surface area contributed by atoms with Crippen LogP contribution in [-0.2, 0) is 13.2 Å². The maximum Gasteiger partial charge on any atom is 0.129 e. The molecule has 2 rings (SSSR count). The maximum atomic E-state index is 13.3. The SMILES string of the molecule is OCc1ccccc1OCc1ccccc1F. The van der Waals surface area contributed by atoms with Crippen molar-refractivity contribution in [3.8, 4) is 5.75 Å². The Morgan fingerprint density at radius 3 is 2.29 bits per heavy atom. The van der Waals surface area contributed by atoms with Gasteiger partial charge in [-0.25, -0.2) is 4.39 Å². The van der Waals surface area contributed by atoms with Crippen LogP contribution in [0.25, 0.3) is 0 Å². The average molecular weight is 232 g/mol. The van der Waals surface area contributed by atoms with Gasteiger partial charge in [0.1, 0.15) is 18.2 Å². The van der Waals surface area contributed by atoms with Gasteiger partial charge in [0.15, 0.2) is 0 Å². The highest BCUT2D eigenvalue weighted by Crippen LogP contribution is 2.19. The summed E-state index contributed by atoms with van der Waals surface area (Å²) in [4.78, 5) is 0. The lowest BCUT2D eigenvalue weighted by Gasteiger charge is -2.10. The summed E-state index contributed by atoms with van der Waals surface area (Å²) in [7, 11) is 0. The zero-order chi connectivity index (χ0) is 12.1. The summed E-state index contributed by atoms with van der Waals surface area (Å²) in [6.07, 6.45) is 0. The Kier molecular flexibility index (Phi) is 3.73. The maximum absolute atomic E-state index is 13.3. The third-order valence-corrected chi connectivity index (χ3v) is 2.48. The largest absolute Gasteiger partial charge is 0.488 e. The van der Waals surface area contributed by atoms with Crippen molar-refractivity contribution in [3.63, 3.8) is 0 Å². The normalized spacial score (nSPS) is 10.2. The predicted molar refractivity (Wildman–Crippen MR) is 63.1 cm³/mol. The molecule has 0 unspecified atom stereocenters. The van der Waals surface area contributed by atoms with Crippen LogP contribution in [0.3, 0.4) is 0 Å². The van der Waals surface area contributed by atoms with Crippen molar-refractivity contribution in [1.82, 2.24) is 0 Å². The standard InChI is InChI=1S/C14H13FO2/c15-13-7-3-1-6-12(13)10-17-14-8-4-2-5-11(14)9-16/h1-8,16H,9-10H2. The Bertz CT molecular complexity index is 497. The molecule has 0 amide bonds. The van der Waals surface area contributed by atoms with Gasteiger partial charge in [-0.3, -0.25) is 0 Å². The zero-order valence-corrected chi connectivity index (χ0v) is 9.27. The third-order valence-electron chi connectivity index (χ3n) is 2.48. The van der Waals surface area contributed by atoms with E-state index in [0.29, 0.717) is 16.9 Å². The molecule has 0 spiro atoms. The number of hydrogen-bond acceptors (Lipinski definition) is 2. The van der Waals surface area contributed by atoms with Crippen LogP contribution in [0.1, 0.15) is 11.1 Å². The molecule has 2 nitrogen and oxygen atoms in total. The topological polar surface area (TPSA) is 29.5 Å². The smallest absolute Gasteiger partial charge is 0.129 e. The first-order chi connectivity index (χ1) is 8.31. The van der Waals surface area contributed by atoms with Crippen LogP contribution in [0.2, 0.25) is 0 Å². The average Bonchev–Trinajstić information content (AvgIpc) is 2.38. The van der Waals surface area contributed by atoms with Crippen LogP contribution in [0, 0.1) is 5.82 Å². The molecule has 2 aromatic rings. The van der Waals surface area contributed by atoms with Crippen LogP contribution in [0.5, 0.6) is 5.75 Å². The first-order valence-electron chi connectivity index (χ1n) is 5.36. The number of ether oxygens (including phenoxy) is 1. The Balaban J connectivity index is 2.10. The Hall–Kier alpha value is -1.87. The van der Waals surface area contributed by atoms with Gasteiger partial charge in [-0.2, -0.15) is 0 Å². The molecular formula is C14H13FO2. The molecule has 0 atom stereocenters. The summed E-state index contributed by atoms with van der Waals surface area (Å²) < 4.78 is 18.8. The first-order valence-corrected chi connectivity index (χ1v) is 5.36. The molecule has 88 valence electrons. The zero-order valence-electron chi connectivity index (χ0n) is 9.27. The van der Waals surface area contributed by atoms with Crippen molar-refractivity contribution in [2.45, 2.75) is 13.2 Å². The number of para-hydroxylation sites is 1. The van der Waals surface area contributed by atoms with Crippen molar-refractivity contribution < 1.29 is 14.2 Å². The van der Waals surface area contributed by atoms with E-state index in [9.17, 15) is 4.39 Å². The van der Waals surface area contributed by atoms with Gasteiger partial charge in [0.2, 0.25) is 0 Å². The van der Waals surface area contributed by atoms with Crippen LogP contribution in [0.15, 0.2) is 48.5 Å². The van der Waals surface area contributed by atoms with E-state index in [1.54, 1.807) is 30.3 Å². The highest BCUT2D eigenvalue weighted by atomic mass is 19.1. The second-order valence-corrected chi connectivity index (χ2v) is 3.65. The molecule has 0 aromatic heterocycles. The highest BCUT2D eigenvalue weighted by molar-refractivity contribution is 5.33. The fourth-order valence-electron chi connectivity index (χ4n) is 1.55. The van der Waals surface area contributed by atoms with E-state index in [-0.39, 0.29) is 19.0 Å². The van der Waals surface area contributed by atoms with Crippen molar-refractivity contribution >= 4 is 0 Å². The summed E-state index contributed by atoms with van der Waals surface area (Å²) in [5.74, 6) is 0.298. The molecule has 0 aliphatic heterocycles. The van der Waals surface area contributed by atoms with E-state index >= 15 is 0 Å². The Labute approximate surface area is 99.3 Å². The summed E-state index contributed by atoms with van der Waals surface area (Å²) >= 11 is 0. The van der Waals surface area contributed by atoms with E-state index < -0.39 is 0 Å². The summed E-state index contributed by atoms with van der Waals surface area (Å²) in [5, 5.41) is 9.12. The van der Waals surface area contributed by atoms with Crippen molar-refractivity contribution in [1.29, 1.82) is 0 Å². The lowest BCUT2D eigenvalue weighted by molar-refractivity contribution is 0.257. The van der Waals surface area contributed by atoms with E-state index in [1.165, 1.54) is 6.07 Å². The van der Waals surface area contributed by atoms with Gasteiger partial charge in [0.25, 0.3) is 0 Å². The van der Waals surface area contributed by atoms with Gasteiger partial charge in [-0.1, -0.05) is 36.4 Å². The number of halogens is 1. The number of rotatable bonds is 4. The van der Waals surface area contributed by atoms with Gasteiger partial charge in [-0.15, -0.1) is 0 Å². The monoisotopic (exact) mass is 232 g/mol. The van der Waals surface area contributed by atoms with Gasteiger partial charge in [0.05, 0.1) is 6.61 Å². The first kappa shape index (κ1) is 11.6. The molecule has 1 N–H and O–H groups in total. The van der Waals surface area contributed by atoms with Crippen LogP contribution in [-0.4, -0.2) is 5.11 Å². The molecular weight excluding hydrogens is 219 g/mol. The fourth-order valence-corrected chi connectivity index (χ4v) is 1.55. The number of aliphatic hydroxyl groups excluding tert-OH is 1. The van der Waals surface area contributed by atoms with Crippen LogP contribution < -0.4 is 4.74 Å². The highest BCUT2D eigenvalue weighted by Gasteiger charge is 2.04. The molecule has 3 heteroatoms. The predicted octanol–water partition coefficient (Wildman–Crippen LogP) is 2.90. The second-order valence-electron chi connectivity index (χ2n) is 3.65. The van der Waals surface area contributed by atoms with E-state index in [4.69, 9.17) is 9.84 Å². The van der Waals surface area contributed by atoms with Crippen molar-refractivity contribution in [2.24, 2.45) is 0 Å². The van der Waals surface area contributed by atoms with Gasteiger partial charge >= 0.3 is 0 Å². The summed E-state index contributed by atoms with van der Waals surface area (Å²) in [6, 6.07) is 13.6. The lowest BCUT2D eigenvalue weighted by atomic mass is 10.2. The fraction of sp³-hybridized carbons (Fsp3) is 0.143. The molecule has 17 heavy (non-hydrogen) atoms. The minimum atomic E-state index is -0.283. The van der Waals surface area contributed by atoms with E-state index in [1.807, 2.05) is 12.1 Å². The molecule has 0 saturated heterocycles. The van der Waals surface area contributed by atoms with Crippen LogP contribution >= 0.6 is 0 Å². The molecule has 0 saturated carbocycles. The Morgan fingerprint density at radius 1 is 0.941 bits per heavy atom. The number of benzene rings is 2. The van der Waals surface area contributed by atoms with Gasteiger partial charge in [-0.05, 0) is 12.1 Å². The lowest BCUT2D eigenvalue weighted by Crippen LogP contribution is -2.00.